The summed E-state index contributed by atoms with van der Waals surface area (Å²) < 4.78 is 27.6. The van der Waals surface area contributed by atoms with Crippen molar-refractivity contribution < 1.29 is 13.2 Å². The number of thiophene rings is 1. The van der Waals surface area contributed by atoms with Gasteiger partial charge < -0.3 is 5.32 Å². The summed E-state index contributed by atoms with van der Waals surface area (Å²) in [4.78, 5) is 12.6. The van der Waals surface area contributed by atoms with Gasteiger partial charge in [-0.3, -0.25) is 4.79 Å². The number of amides is 1. The fourth-order valence-corrected chi connectivity index (χ4v) is 6.25. The van der Waals surface area contributed by atoms with Crippen molar-refractivity contribution in [2.75, 3.05) is 13.1 Å². The lowest BCUT2D eigenvalue weighted by Crippen LogP contribution is -2.46. The van der Waals surface area contributed by atoms with Crippen LogP contribution in [0.25, 0.3) is 0 Å². The van der Waals surface area contributed by atoms with E-state index < -0.39 is 10.0 Å². The maximum Gasteiger partial charge on any atom is 0.244 e. The molecular weight excluding hydrogens is 376 g/mol. The van der Waals surface area contributed by atoms with Gasteiger partial charge >= 0.3 is 0 Å². The van der Waals surface area contributed by atoms with Gasteiger partial charge in [0.1, 0.15) is 0 Å². The highest BCUT2D eigenvalue weighted by Crippen LogP contribution is 2.32. The van der Waals surface area contributed by atoms with Gasteiger partial charge in [0.2, 0.25) is 15.9 Å². The van der Waals surface area contributed by atoms with Crippen LogP contribution >= 0.6 is 27.3 Å². The van der Waals surface area contributed by atoms with E-state index in [0.717, 1.165) is 8.66 Å². The zero-order valence-corrected chi connectivity index (χ0v) is 15.3. The maximum atomic E-state index is 12.6. The quantitative estimate of drug-likeness (QED) is 0.852. The second-order valence-corrected chi connectivity index (χ2v) is 9.61. The van der Waals surface area contributed by atoms with Crippen LogP contribution in [0.4, 0.5) is 0 Å². The third kappa shape index (κ3) is 3.85. The Morgan fingerprint density at radius 2 is 2.10 bits per heavy atom. The van der Waals surface area contributed by atoms with Gasteiger partial charge in [0, 0.05) is 30.4 Å². The lowest BCUT2D eigenvalue weighted by atomic mass is 10.1. The van der Waals surface area contributed by atoms with E-state index in [-0.39, 0.29) is 11.9 Å². The van der Waals surface area contributed by atoms with Crippen LogP contribution in [0, 0.1) is 6.92 Å². The van der Waals surface area contributed by atoms with Gasteiger partial charge in [0.15, 0.2) is 0 Å². The van der Waals surface area contributed by atoms with E-state index >= 15 is 0 Å². The molecule has 1 fully saturated rings. The number of aryl methyl sites for hydroxylation is 1. The number of nitrogens with zero attached hydrogens (tertiary/aromatic N) is 1. The third-order valence-electron chi connectivity index (χ3n) is 3.60. The molecule has 1 amide bonds. The Bertz CT molecular complexity index is 619. The molecule has 5 nitrogen and oxygen atoms in total. The largest absolute Gasteiger partial charge is 0.353 e. The van der Waals surface area contributed by atoms with Gasteiger partial charge in [-0.25, -0.2) is 8.42 Å². The van der Waals surface area contributed by atoms with Crippen LogP contribution in [0.15, 0.2) is 14.7 Å². The Labute approximate surface area is 137 Å². The van der Waals surface area contributed by atoms with Crippen molar-refractivity contribution in [3.05, 3.63) is 14.7 Å². The monoisotopic (exact) mass is 394 g/mol. The Morgan fingerprint density at radius 3 is 2.57 bits per heavy atom. The fraction of sp³-hybridized carbons (Fsp3) is 0.615. The average molecular weight is 395 g/mol. The van der Waals surface area contributed by atoms with E-state index in [9.17, 15) is 13.2 Å². The molecule has 1 N–H and O–H groups in total. The molecule has 0 aliphatic carbocycles. The Kier molecular flexibility index (Phi) is 5.45. The normalized spacial score (nSPS) is 17.9. The Balaban J connectivity index is 2.04. The van der Waals surface area contributed by atoms with Crippen molar-refractivity contribution in [2.45, 2.75) is 44.0 Å². The van der Waals surface area contributed by atoms with E-state index in [1.165, 1.54) is 15.6 Å². The number of piperidine rings is 1. The molecular formula is C13H19BrN2O3S2. The van der Waals surface area contributed by atoms with Crippen LogP contribution in [0.2, 0.25) is 0 Å². The number of carbonyl (C=O) groups is 1. The molecule has 0 atom stereocenters. The summed E-state index contributed by atoms with van der Waals surface area (Å²) in [7, 11) is -3.43. The first-order valence-corrected chi connectivity index (χ1v) is 9.95. The van der Waals surface area contributed by atoms with Crippen LogP contribution in [0.1, 0.15) is 31.1 Å². The summed E-state index contributed by atoms with van der Waals surface area (Å²) in [5.74, 6) is 0.0221. The van der Waals surface area contributed by atoms with Crippen molar-refractivity contribution in [3.8, 4) is 0 Å². The van der Waals surface area contributed by atoms with Crippen molar-refractivity contribution in [2.24, 2.45) is 0 Å². The highest BCUT2D eigenvalue weighted by Gasteiger charge is 2.31. The molecule has 1 aromatic heterocycles. The van der Waals surface area contributed by atoms with Crippen molar-refractivity contribution >= 4 is 43.2 Å². The second-order valence-electron chi connectivity index (χ2n) is 5.07. The number of sulfonamides is 1. The number of halogens is 1. The maximum absolute atomic E-state index is 12.6. The Morgan fingerprint density at radius 1 is 1.48 bits per heavy atom. The molecule has 0 saturated carbocycles. The molecule has 0 unspecified atom stereocenters. The van der Waals surface area contributed by atoms with Crippen LogP contribution in [-0.2, 0) is 14.8 Å². The standard InChI is InChI=1S/C13H19BrN2O3S2/c1-3-13(17)15-10-4-6-16(7-5-10)21(18,19)11-8-12(14)20-9(11)2/h8,10H,3-7H2,1-2H3,(H,15,17). The van der Waals surface area contributed by atoms with Crippen LogP contribution in [0.3, 0.4) is 0 Å². The van der Waals surface area contributed by atoms with E-state index in [2.05, 4.69) is 21.2 Å². The number of rotatable bonds is 4. The van der Waals surface area contributed by atoms with E-state index in [4.69, 9.17) is 0 Å². The van der Waals surface area contributed by atoms with Gasteiger partial charge in [-0.05, 0) is 41.8 Å². The predicted molar refractivity (Wildman–Crippen MR) is 87.0 cm³/mol. The first kappa shape index (κ1) is 16.9. The molecule has 1 aliphatic rings. The zero-order chi connectivity index (χ0) is 15.6. The molecule has 0 radical (unpaired) electrons. The van der Waals surface area contributed by atoms with Gasteiger partial charge in [-0.2, -0.15) is 4.31 Å². The van der Waals surface area contributed by atoms with Gasteiger partial charge in [-0.1, -0.05) is 6.92 Å². The summed E-state index contributed by atoms with van der Waals surface area (Å²) in [6.07, 6.45) is 1.78. The Hall–Kier alpha value is -0.440. The van der Waals surface area contributed by atoms with E-state index in [0.29, 0.717) is 37.2 Å². The van der Waals surface area contributed by atoms with Gasteiger partial charge in [0.05, 0.1) is 8.68 Å². The third-order valence-corrected chi connectivity index (χ3v) is 7.31. The topological polar surface area (TPSA) is 66.5 Å². The van der Waals surface area contributed by atoms with Crippen molar-refractivity contribution in [3.63, 3.8) is 0 Å². The number of carbonyl (C=O) groups excluding carboxylic acids is 1. The zero-order valence-electron chi connectivity index (χ0n) is 12.1. The molecule has 21 heavy (non-hydrogen) atoms. The van der Waals surface area contributed by atoms with E-state index in [1.807, 2.05) is 13.8 Å². The predicted octanol–water partition coefficient (Wildman–Crippen LogP) is 2.50. The number of hydrogen-bond donors (Lipinski definition) is 1. The highest BCUT2D eigenvalue weighted by molar-refractivity contribution is 9.11. The minimum atomic E-state index is -3.43. The first-order chi connectivity index (χ1) is 9.84. The van der Waals surface area contributed by atoms with Crippen LogP contribution in [0.5, 0.6) is 0 Å². The first-order valence-electron chi connectivity index (χ1n) is 6.90. The van der Waals surface area contributed by atoms with Crippen molar-refractivity contribution in [1.29, 1.82) is 0 Å². The molecule has 1 saturated heterocycles. The summed E-state index contributed by atoms with van der Waals surface area (Å²) in [5.41, 5.74) is 0. The molecule has 1 aromatic rings. The van der Waals surface area contributed by atoms with E-state index in [1.54, 1.807) is 6.07 Å². The number of hydrogen-bond acceptors (Lipinski definition) is 4. The summed E-state index contributed by atoms with van der Waals surface area (Å²) in [6.45, 7) is 4.52. The molecule has 8 heteroatoms. The highest BCUT2D eigenvalue weighted by atomic mass is 79.9. The fourth-order valence-electron chi connectivity index (χ4n) is 2.40. The smallest absolute Gasteiger partial charge is 0.244 e. The molecule has 0 bridgehead atoms. The molecule has 2 rings (SSSR count). The average Bonchev–Trinajstić information content (AvgIpc) is 2.79. The molecule has 0 spiro atoms. The summed E-state index contributed by atoms with van der Waals surface area (Å²) >= 11 is 4.76. The summed E-state index contributed by atoms with van der Waals surface area (Å²) in [5, 5.41) is 2.93. The lowest BCUT2D eigenvalue weighted by molar-refractivity contribution is -0.121. The number of nitrogens with one attached hydrogen (secondary N) is 1. The molecule has 0 aromatic carbocycles. The minimum Gasteiger partial charge on any atom is -0.353 e. The molecule has 118 valence electrons. The van der Waals surface area contributed by atoms with Crippen LogP contribution in [-0.4, -0.2) is 37.8 Å². The van der Waals surface area contributed by atoms with Crippen molar-refractivity contribution in [1.82, 2.24) is 9.62 Å². The summed E-state index contributed by atoms with van der Waals surface area (Å²) in [6, 6.07) is 1.75. The second kappa shape index (κ2) is 6.76. The minimum absolute atomic E-state index is 0.0221. The van der Waals surface area contributed by atoms with Gasteiger partial charge in [0.25, 0.3) is 0 Å². The molecule has 2 heterocycles. The van der Waals surface area contributed by atoms with Crippen LogP contribution < -0.4 is 5.32 Å². The SMILES string of the molecule is CCC(=O)NC1CCN(S(=O)(=O)c2cc(Br)sc2C)CC1. The lowest BCUT2D eigenvalue weighted by Gasteiger charge is -2.31. The van der Waals surface area contributed by atoms with Gasteiger partial charge in [-0.15, -0.1) is 11.3 Å². The molecule has 1 aliphatic heterocycles.